The highest BCUT2D eigenvalue weighted by Crippen LogP contribution is 2.12. The molecule has 0 aliphatic heterocycles. The number of nitrogens with one attached hydrogen (secondary N) is 2. The van der Waals surface area contributed by atoms with Crippen molar-refractivity contribution in [2.75, 3.05) is 18.4 Å². The van der Waals surface area contributed by atoms with Crippen LogP contribution in [0, 0.1) is 0 Å². The second-order valence-corrected chi connectivity index (χ2v) is 5.78. The molecule has 4 nitrogen and oxygen atoms in total. The SMILES string of the molecule is CCCCNC(=O)c1ccnc(NCCc2cccc(Cl)c2)c1. The van der Waals surface area contributed by atoms with Crippen molar-refractivity contribution < 1.29 is 4.79 Å². The third-order valence-corrected chi connectivity index (χ3v) is 3.68. The summed E-state index contributed by atoms with van der Waals surface area (Å²) in [5, 5.41) is 6.89. The summed E-state index contributed by atoms with van der Waals surface area (Å²) in [6.45, 7) is 3.53. The molecule has 0 bridgehead atoms. The Kier molecular flexibility index (Phi) is 6.88. The summed E-state index contributed by atoms with van der Waals surface area (Å²) in [4.78, 5) is 16.3. The first-order valence-electron chi connectivity index (χ1n) is 7.91. The smallest absolute Gasteiger partial charge is 0.251 e. The van der Waals surface area contributed by atoms with Crippen molar-refractivity contribution in [3.8, 4) is 0 Å². The zero-order chi connectivity index (χ0) is 16.5. The highest BCUT2D eigenvalue weighted by Gasteiger charge is 2.06. The highest BCUT2D eigenvalue weighted by atomic mass is 35.5. The van der Waals surface area contributed by atoms with Gasteiger partial charge in [0.2, 0.25) is 0 Å². The molecule has 122 valence electrons. The lowest BCUT2D eigenvalue weighted by Gasteiger charge is -2.08. The standard InChI is InChI=1S/C18H22ClN3O/c1-2-3-9-22-18(23)15-8-11-21-17(13-15)20-10-7-14-5-4-6-16(19)12-14/h4-6,8,11-13H,2-3,7,9-10H2,1H3,(H,20,21)(H,22,23). The van der Waals surface area contributed by atoms with Gasteiger partial charge in [-0.3, -0.25) is 4.79 Å². The van der Waals surface area contributed by atoms with Crippen LogP contribution < -0.4 is 10.6 Å². The Morgan fingerprint density at radius 1 is 1.22 bits per heavy atom. The maximum atomic E-state index is 12.0. The number of carbonyl (C=O) groups excluding carboxylic acids is 1. The molecular formula is C18H22ClN3O. The van der Waals surface area contributed by atoms with Crippen LogP contribution in [0.3, 0.4) is 0 Å². The molecule has 0 spiro atoms. The van der Waals surface area contributed by atoms with Crippen molar-refractivity contribution in [2.45, 2.75) is 26.2 Å². The fourth-order valence-electron chi connectivity index (χ4n) is 2.18. The fraction of sp³-hybridized carbons (Fsp3) is 0.333. The second-order valence-electron chi connectivity index (χ2n) is 5.35. The maximum Gasteiger partial charge on any atom is 0.251 e. The summed E-state index contributed by atoms with van der Waals surface area (Å²) in [6.07, 6.45) is 4.54. The van der Waals surface area contributed by atoms with Gasteiger partial charge in [0.05, 0.1) is 0 Å². The first-order chi connectivity index (χ1) is 11.2. The van der Waals surface area contributed by atoms with Gasteiger partial charge in [-0.25, -0.2) is 4.98 Å². The van der Waals surface area contributed by atoms with E-state index in [9.17, 15) is 4.79 Å². The Balaban J connectivity index is 1.86. The van der Waals surface area contributed by atoms with E-state index in [1.807, 2.05) is 24.3 Å². The van der Waals surface area contributed by atoms with Crippen molar-refractivity contribution >= 4 is 23.3 Å². The summed E-state index contributed by atoms with van der Waals surface area (Å²) >= 11 is 5.97. The molecule has 0 saturated carbocycles. The summed E-state index contributed by atoms with van der Waals surface area (Å²) in [5.41, 5.74) is 1.79. The average molecular weight is 332 g/mol. The number of pyridine rings is 1. The maximum absolute atomic E-state index is 12.0. The van der Waals surface area contributed by atoms with Crippen LogP contribution in [0.2, 0.25) is 5.02 Å². The number of anilines is 1. The molecule has 0 radical (unpaired) electrons. The molecule has 23 heavy (non-hydrogen) atoms. The Hall–Kier alpha value is -2.07. The van der Waals surface area contributed by atoms with Gasteiger partial charge in [-0.05, 0) is 42.7 Å². The zero-order valence-electron chi connectivity index (χ0n) is 13.3. The van der Waals surface area contributed by atoms with Crippen LogP contribution in [0.15, 0.2) is 42.6 Å². The van der Waals surface area contributed by atoms with Gasteiger partial charge < -0.3 is 10.6 Å². The third kappa shape index (κ3) is 5.91. The molecule has 0 aliphatic rings. The molecule has 0 saturated heterocycles. The van der Waals surface area contributed by atoms with Gasteiger partial charge in [0.25, 0.3) is 5.91 Å². The molecule has 2 aromatic rings. The molecule has 0 atom stereocenters. The van der Waals surface area contributed by atoms with Gasteiger partial charge in [-0.2, -0.15) is 0 Å². The summed E-state index contributed by atoms with van der Waals surface area (Å²) in [6, 6.07) is 11.3. The summed E-state index contributed by atoms with van der Waals surface area (Å²) in [5.74, 6) is 0.647. The highest BCUT2D eigenvalue weighted by molar-refractivity contribution is 6.30. The minimum absolute atomic E-state index is 0.0567. The van der Waals surface area contributed by atoms with Crippen LogP contribution in [-0.4, -0.2) is 24.0 Å². The first kappa shape index (κ1) is 17.3. The number of halogens is 1. The number of aromatic nitrogens is 1. The van der Waals surface area contributed by atoms with Gasteiger partial charge in [0.15, 0.2) is 0 Å². The van der Waals surface area contributed by atoms with E-state index in [-0.39, 0.29) is 5.91 Å². The van der Waals surface area contributed by atoms with Gasteiger partial charge >= 0.3 is 0 Å². The van der Waals surface area contributed by atoms with Crippen molar-refractivity contribution in [3.63, 3.8) is 0 Å². The van der Waals surface area contributed by atoms with E-state index in [4.69, 9.17) is 11.6 Å². The van der Waals surface area contributed by atoms with E-state index in [1.54, 1.807) is 18.3 Å². The number of rotatable bonds is 8. The lowest BCUT2D eigenvalue weighted by molar-refractivity contribution is 0.0953. The van der Waals surface area contributed by atoms with E-state index in [1.165, 1.54) is 5.56 Å². The van der Waals surface area contributed by atoms with Crippen LogP contribution in [0.4, 0.5) is 5.82 Å². The lowest BCUT2D eigenvalue weighted by Crippen LogP contribution is -2.24. The number of hydrogen-bond donors (Lipinski definition) is 2. The predicted molar refractivity (Wildman–Crippen MR) is 95.1 cm³/mol. The molecule has 0 unspecified atom stereocenters. The minimum Gasteiger partial charge on any atom is -0.370 e. The normalized spacial score (nSPS) is 10.3. The molecule has 0 aliphatic carbocycles. The monoisotopic (exact) mass is 331 g/mol. The van der Waals surface area contributed by atoms with E-state index in [0.717, 1.165) is 30.8 Å². The molecule has 0 fully saturated rings. The van der Waals surface area contributed by atoms with Crippen LogP contribution in [0.25, 0.3) is 0 Å². The van der Waals surface area contributed by atoms with Crippen LogP contribution in [0.1, 0.15) is 35.7 Å². The first-order valence-corrected chi connectivity index (χ1v) is 8.29. The quantitative estimate of drug-likeness (QED) is 0.721. The van der Waals surface area contributed by atoms with Crippen LogP contribution in [-0.2, 0) is 6.42 Å². The van der Waals surface area contributed by atoms with Gasteiger partial charge in [0, 0.05) is 29.9 Å². The second kappa shape index (κ2) is 9.16. The van der Waals surface area contributed by atoms with Crippen molar-refractivity contribution in [3.05, 3.63) is 58.7 Å². The number of unbranched alkanes of at least 4 members (excludes halogenated alkanes) is 1. The summed E-state index contributed by atoms with van der Waals surface area (Å²) < 4.78 is 0. The van der Waals surface area contributed by atoms with E-state index in [2.05, 4.69) is 22.5 Å². The predicted octanol–water partition coefficient (Wildman–Crippen LogP) is 3.92. The van der Waals surface area contributed by atoms with Gasteiger partial charge in [-0.1, -0.05) is 37.1 Å². The largest absolute Gasteiger partial charge is 0.370 e. The van der Waals surface area contributed by atoms with Crippen molar-refractivity contribution in [1.82, 2.24) is 10.3 Å². The number of nitrogens with zero attached hydrogens (tertiary/aromatic N) is 1. The Morgan fingerprint density at radius 2 is 2.09 bits per heavy atom. The van der Waals surface area contributed by atoms with Crippen molar-refractivity contribution in [2.24, 2.45) is 0 Å². The fourth-order valence-corrected chi connectivity index (χ4v) is 2.39. The van der Waals surface area contributed by atoms with Crippen molar-refractivity contribution in [1.29, 1.82) is 0 Å². The number of benzene rings is 1. The van der Waals surface area contributed by atoms with Gasteiger partial charge in [-0.15, -0.1) is 0 Å². The Morgan fingerprint density at radius 3 is 2.87 bits per heavy atom. The summed E-state index contributed by atoms with van der Waals surface area (Å²) in [7, 11) is 0. The molecule has 1 amide bonds. The number of carbonyl (C=O) groups is 1. The minimum atomic E-state index is -0.0567. The Bertz CT molecular complexity index is 646. The molecule has 1 aromatic carbocycles. The molecule has 1 aromatic heterocycles. The number of amides is 1. The zero-order valence-corrected chi connectivity index (χ0v) is 14.1. The number of hydrogen-bond acceptors (Lipinski definition) is 3. The molecule has 1 heterocycles. The molecule has 2 rings (SSSR count). The molecular weight excluding hydrogens is 310 g/mol. The van der Waals surface area contributed by atoms with E-state index >= 15 is 0 Å². The Labute approximate surface area is 142 Å². The van der Waals surface area contributed by atoms with Gasteiger partial charge in [0.1, 0.15) is 5.82 Å². The van der Waals surface area contributed by atoms with Crippen LogP contribution in [0.5, 0.6) is 0 Å². The molecule has 5 heteroatoms. The topological polar surface area (TPSA) is 54.0 Å². The average Bonchev–Trinajstić information content (AvgIpc) is 2.55. The lowest BCUT2D eigenvalue weighted by atomic mass is 10.1. The van der Waals surface area contributed by atoms with E-state index in [0.29, 0.717) is 17.9 Å². The van der Waals surface area contributed by atoms with E-state index < -0.39 is 0 Å². The molecule has 2 N–H and O–H groups in total. The third-order valence-electron chi connectivity index (χ3n) is 3.45. The van der Waals surface area contributed by atoms with Crippen LogP contribution >= 0.6 is 11.6 Å².